The highest BCUT2D eigenvalue weighted by molar-refractivity contribution is 5.93. The van der Waals surface area contributed by atoms with E-state index in [1.165, 1.54) is 19.5 Å². The van der Waals surface area contributed by atoms with E-state index in [9.17, 15) is 9.90 Å². The van der Waals surface area contributed by atoms with E-state index >= 15 is 0 Å². The van der Waals surface area contributed by atoms with Crippen LogP contribution in [0.1, 0.15) is 16.8 Å². The van der Waals surface area contributed by atoms with Crippen LogP contribution in [0.15, 0.2) is 42.7 Å². The number of β-amino-alcohol motifs (C(OH)–C–C–N with tert-alkyl or cyclic N) is 1. The maximum Gasteiger partial charge on any atom is 0.316 e. The van der Waals surface area contributed by atoms with Crippen molar-refractivity contribution in [3.8, 4) is 11.8 Å². The molecule has 7 nitrogen and oxygen atoms in total. The molecule has 0 spiro atoms. The van der Waals surface area contributed by atoms with Crippen molar-refractivity contribution in [1.82, 2.24) is 14.9 Å². The molecular formula is C17H19N3O4. The maximum atomic E-state index is 12.5. The molecule has 24 heavy (non-hydrogen) atoms. The van der Waals surface area contributed by atoms with E-state index in [-0.39, 0.29) is 25.1 Å². The molecule has 3 rings (SSSR count). The average molecular weight is 329 g/mol. The summed E-state index contributed by atoms with van der Waals surface area (Å²) in [7, 11) is 1.46. The van der Waals surface area contributed by atoms with Crippen molar-refractivity contribution >= 4 is 5.91 Å². The number of nitrogens with zero attached hydrogens (tertiary/aromatic N) is 3. The molecule has 0 aliphatic carbocycles. The van der Waals surface area contributed by atoms with Crippen molar-refractivity contribution in [2.24, 2.45) is 0 Å². The maximum absolute atomic E-state index is 12.5. The second-order valence-electron chi connectivity index (χ2n) is 5.76. The van der Waals surface area contributed by atoms with Crippen LogP contribution in [0.25, 0.3) is 0 Å². The third-order valence-electron chi connectivity index (χ3n) is 3.93. The van der Waals surface area contributed by atoms with Crippen molar-refractivity contribution in [3.05, 3.63) is 48.3 Å². The van der Waals surface area contributed by atoms with Gasteiger partial charge in [-0.1, -0.05) is 18.2 Å². The van der Waals surface area contributed by atoms with Crippen molar-refractivity contribution in [2.45, 2.75) is 12.0 Å². The summed E-state index contributed by atoms with van der Waals surface area (Å²) < 4.78 is 10.5. The molecule has 2 aromatic rings. The summed E-state index contributed by atoms with van der Waals surface area (Å²) in [6.07, 6.45) is 3.31. The Balaban J connectivity index is 1.60. The van der Waals surface area contributed by atoms with Gasteiger partial charge in [0.15, 0.2) is 0 Å². The normalized spacial score (nSPS) is 20.0. The van der Waals surface area contributed by atoms with Crippen LogP contribution >= 0.6 is 0 Å². The number of likely N-dealkylation sites (tertiary alicyclic amines) is 1. The number of benzene rings is 1. The molecule has 126 valence electrons. The highest BCUT2D eigenvalue weighted by Gasteiger charge is 2.39. The predicted molar refractivity (Wildman–Crippen MR) is 86.0 cm³/mol. The van der Waals surface area contributed by atoms with Gasteiger partial charge in [-0.05, 0) is 18.6 Å². The fourth-order valence-electron chi connectivity index (χ4n) is 2.60. The predicted octanol–water partition coefficient (Wildman–Crippen LogP) is 1.14. The summed E-state index contributed by atoms with van der Waals surface area (Å²) in [5.74, 6) is 0.479. The number of aliphatic hydroxyl groups is 1. The van der Waals surface area contributed by atoms with Crippen LogP contribution in [0.5, 0.6) is 11.8 Å². The van der Waals surface area contributed by atoms with E-state index in [0.29, 0.717) is 24.3 Å². The third-order valence-corrected chi connectivity index (χ3v) is 3.93. The molecule has 0 saturated carbocycles. The number of carbonyl (C=O) groups excluding carboxylic acids is 1. The quantitative estimate of drug-likeness (QED) is 0.885. The molecule has 2 heterocycles. The number of methoxy groups -OCH3 is 1. The molecule has 0 unspecified atom stereocenters. The van der Waals surface area contributed by atoms with Crippen LogP contribution in [-0.2, 0) is 0 Å². The first kappa shape index (κ1) is 16.2. The van der Waals surface area contributed by atoms with Crippen molar-refractivity contribution in [3.63, 3.8) is 0 Å². The number of carbonyl (C=O) groups is 1. The molecule has 0 radical (unpaired) electrons. The van der Waals surface area contributed by atoms with Crippen LogP contribution in [0.4, 0.5) is 0 Å². The fourth-order valence-corrected chi connectivity index (χ4v) is 2.60. The summed E-state index contributed by atoms with van der Waals surface area (Å²) >= 11 is 0. The van der Waals surface area contributed by atoms with Crippen LogP contribution < -0.4 is 9.47 Å². The summed E-state index contributed by atoms with van der Waals surface area (Å²) in [6, 6.07) is 9.50. The largest absolute Gasteiger partial charge is 0.491 e. The Morgan fingerprint density at radius 3 is 2.67 bits per heavy atom. The van der Waals surface area contributed by atoms with Crippen molar-refractivity contribution < 1.29 is 19.4 Å². The standard InChI is InChI=1S/C17H19N3O4/c1-23-16-18-9-13(10-19-16)15(21)20-8-7-17(22,11-20)12-24-14-5-3-2-4-6-14/h2-6,9-10,22H,7-8,11-12H2,1H3/t17-/m1/s1. The molecule has 1 aromatic heterocycles. The number of ether oxygens (including phenoxy) is 2. The van der Waals surface area contributed by atoms with Crippen LogP contribution in [0, 0.1) is 0 Å². The number of amides is 1. The Bertz CT molecular complexity index is 693. The molecule has 1 aliphatic rings. The zero-order valence-corrected chi connectivity index (χ0v) is 13.4. The highest BCUT2D eigenvalue weighted by Crippen LogP contribution is 2.24. The molecule has 1 N–H and O–H groups in total. The van der Waals surface area contributed by atoms with E-state index in [2.05, 4.69) is 9.97 Å². The molecule has 1 fully saturated rings. The van der Waals surface area contributed by atoms with Crippen LogP contribution in [0.2, 0.25) is 0 Å². The first-order chi connectivity index (χ1) is 11.6. The van der Waals surface area contributed by atoms with Crippen LogP contribution in [-0.4, -0.2) is 58.3 Å². The number of rotatable bonds is 5. The summed E-state index contributed by atoms with van der Waals surface area (Å²) in [5.41, 5.74) is -0.692. The minimum absolute atomic E-state index is 0.139. The van der Waals surface area contributed by atoms with E-state index in [0.717, 1.165) is 0 Å². The molecule has 1 aliphatic heterocycles. The molecular weight excluding hydrogens is 310 g/mol. The zero-order valence-electron chi connectivity index (χ0n) is 13.4. The monoisotopic (exact) mass is 329 g/mol. The molecule has 0 bridgehead atoms. The smallest absolute Gasteiger partial charge is 0.316 e. The lowest BCUT2D eigenvalue weighted by molar-refractivity contribution is 0.00430. The van der Waals surface area contributed by atoms with E-state index in [4.69, 9.17) is 9.47 Å². The van der Waals surface area contributed by atoms with Gasteiger partial charge in [0.2, 0.25) is 0 Å². The Labute approximate surface area is 139 Å². The topological polar surface area (TPSA) is 84.8 Å². The first-order valence-corrected chi connectivity index (χ1v) is 7.65. The van der Waals surface area contributed by atoms with E-state index in [1.807, 2.05) is 30.3 Å². The van der Waals surface area contributed by atoms with Gasteiger partial charge >= 0.3 is 6.01 Å². The number of hydrogen-bond acceptors (Lipinski definition) is 6. The van der Waals surface area contributed by atoms with Gasteiger partial charge in [-0.25, -0.2) is 9.97 Å². The molecule has 1 aromatic carbocycles. The zero-order chi connectivity index (χ0) is 17.0. The van der Waals surface area contributed by atoms with E-state index in [1.54, 1.807) is 4.90 Å². The summed E-state index contributed by atoms with van der Waals surface area (Å²) in [4.78, 5) is 21.9. The number of aromatic nitrogens is 2. The molecule has 1 atom stereocenters. The minimum atomic E-state index is -1.06. The fraction of sp³-hybridized carbons (Fsp3) is 0.353. The first-order valence-electron chi connectivity index (χ1n) is 7.65. The van der Waals surface area contributed by atoms with Crippen molar-refractivity contribution in [1.29, 1.82) is 0 Å². The number of para-hydroxylation sites is 1. The minimum Gasteiger partial charge on any atom is -0.491 e. The number of hydrogen-bond donors (Lipinski definition) is 1. The highest BCUT2D eigenvalue weighted by atomic mass is 16.5. The summed E-state index contributed by atoms with van der Waals surface area (Å²) in [6.45, 7) is 0.810. The van der Waals surface area contributed by atoms with Gasteiger partial charge < -0.3 is 19.5 Å². The van der Waals surface area contributed by atoms with Crippen molar-refractivity contribution in [2.75, 3.05) is 26.8 Å². The molecule has 7 heteroatoms. The van der Waals surface area contributed by atoms with Gasteiger partial charge in [0.25, 0.3) is 5.91 Å². The lowest BCUT2D eigenvalue weighted by Crippen LogP contribution is -2.40. The van der Waals surface area contributed by atoms with Gasteiger partial charge in [-0.15, -0.1) is 0 Å². The third kappa shape index (κ3) is 3.62. The van der Waals surface area contributed by atoms with Gasteiger partial charge in [-0.2, -0.15) is 0 Å². The molecule has 1 saturated heterocycles. The Morgan fingerprint density at radius 2 is 2.00 bits per heavy atom. The second kappa shape index (κ2) is 6.84. The Kier molecular flexibility index (Phi) is 4.61. The van der Waals surface area contributed by atoms with Gasteiger partial charge in [-0.3, -0.25) is 4.79 Å². The Morgan fingerprint density at radius 1 is 1.29 bits per heavy atom. The van der Waals surface area contributed by atoms with E-state index < -0.39 is 5.60 Å². The second-order valence-corrected chi connectivity index (χ2v) is 5.76. The lowest BCUT2D eigenvalue weighted by Gasteiger charge is -2.23. The van der Waals surface area contributed by atoms with Crippen LogP contribution in [0.3, 0.4) is 0 Å². The average Bonchev–Trinajstić information content (AvgIpc) is 3.03. The van der Waals surface area contributed by atoms with Gasteiger partial charge in [0.1, 0.15) is 18.0 Å². The van der Waals surface area contributed by atoms with Gasteiger partial charge in [0, 0.05) is 18.9 Å². The van der Waals surface area contributed by atoms with Gasteiger partial charge in [0.05, 0.1) is 19.2 Å². The summed E-state index contributed by atoms with van der Waals surface area (Å²) in [5, 5.41) is 10.6. The Hall–Kier alpha value is -2.67. The SMILES string of the molecule is COc1ncc(C(=O)N2CC[C@](O)(COc3ccccc3)C2)cn1. The lowest BCUT2D eigenvalue weighted by atomic mass is 10.1. The molecule has 1 amide bonds.